The summed E-state index contributed by atoms with van der Waals surface area (Å²) in [4.78, 5) is 14.3. The van der Waals surface area contributed by atoms with E-state index in [1.165, 1.54) is 7.11 Å². The molecule has 1 heterocycles. The van der Waals surface area contributed by atoms with Crippen molar-refractivity contribution >= 4 is 5.97 Å². The maximum absolute atomic E-state index is 12.2. The normalized spacial score (nSPS) is 21.6. The van der Waals surface area contributed by atoms with Crippen LogP contribution in [0, 0.1) is 17.3 Å². The van der Waals surface area contributed by atoms with Gasteiger partial charge in [0.2, 0.25) is 5.72 Å². The van der Waals surface area contributed by atoms with Crippen LogP contribution in [0.2, 0.25) is 0 Å². The van der Waals surface area contributed by atoms with Crippen LogP contribution in [0.1, 0.15) is 56.9 Å². The van der Waals surface area contributed by atoms with Gasteiger partial charge in [0, 0.05) is 25.1 Å². The Hall–Kier alpha value is -1.83. The van der Waals surface area contributed by atoms with Gasteiger partial charge in [0.05, 0.1) is 12.5 Å². The van der Waals surface area contributed by atoms with E-state index in [1.807, 2.05) is 30.3 Å². The van der Waals surface area contributed by atoms with Crippen molar-refractivity contribution < 1.29 is 14.6 Å². The smallest absolute Gasteiger partial charge is 0.311 e. The molecule has 0 amide bonds. The Labute approximate surface area is 156 Å². The molecule has 140 valence electrons. The minimum absolute atomic E-state index is 0.102. The summed E-state index contributed by atoms with van der Waals surface area (Å²) in [5.74, 6) is 6.21. The molecule has 1 aromatic carbocycles. The van der Waals surface area contributed by atoms with E-state index in [1.54, 1.807) is 0 Å². The number of hydrogen-bond acceptors (Lipinski definition) is 4. The number of hydrogen-bond donors (Lipinski definition) is 1. The predicted octanol–water partition coefficient (Wildman–Crippen LogP) is 3.44. The lowest BCUT2D eigenvalue weighted by Crippen LogP contribution is -2.43. The Morgan fingerprint density at radius 1 is 1.19 bits per heavy atom. The number of likely N-dealkylation sites (tertiary alicyclic amines) is 1. The maximum Gasteiger partial charge on any atom is 0.311 e. The molecule has 1 atom stereocenters. The molecule has 2 aliphatic rings. The third-order valence-electron chi connectivity index (χ3n) is 5.91. The van der Waals surface area contributed by atoms with Gasteiger partial charge in [-0.25, -0.2) is 0 Å². The second kappa shape index (κ2) is 8.24. The maximum atomic E-state index is 12.2. The topological polar surface area (TPSA) is 49.8 Å². The van der Waals surface area contributed by atoms with E-state index in [0.29, 0.717) is 12.8 Å². The highest BCUT2D eigenvalue weighted by molar-refractivity contribution is 5.77. The van der Waals surface area contributed by atoms with Crippen LogP contribution < -0.4 is 0 Å². The number of carbonyl (C=O) groups is 1. The highest BCUT2D eigenvalue weighted by Crippen LogP contribution is 2.43. The number of methoxy groups -OCH3 is 1. The molecule has 1 N–H and O–H groups in total. The summed E-state index contributed by atoms with van der Waals surface area (Å²) in [5.41, 5.74) is -0.800. The van der Waals surface area contributed by atoms with Crippen LogP contribution >= 0.6 is 0 Å². The molecule has 0 aromatic heterocycles. The molecule has 1 saturated heterocycles. The standard InChI is InChI=1S/C22H29NO3/c1-26-20(24)21(13-5-6-14-21)15-7-8-16-22(25,23-17-9-10-18-23)19-11-3-2-4-12-19/h2-4,11-12,25H,5-7,9-10,13-15,17-18H2,1H3. The predicted molar refractivity (Wildman–Crippen MR) is 101 cm³/mol. The first-order valence-electron chi connectivity index (χ1n) is 9.72. The third-order valence-corrected chi connectivity index (χ3v) is 5.91. The van der Waals surface area contributed by atoms with E-state index in [2.05, 4.69) is 16.7 Å². The van der Waals surface area contributed by atoms with Crippen LogP contribution in [0.3, 0.4) is 0 Å². The Bertz CT molecular complexity index is 664. The van der Waals surface area contributed by atoms with Crippen molar-refractivity contribution in [2.24, 2.45) is 5.41 Å². The lowest BCUT2D eigenvalue weighted by Gasteiger charge is -2.33. The van der Waals surface area contributed by atoms with Gasteiger partial charge in [-0.2, -0.15) is 0 Å². The largest absolute Gasteiger partial charge is 0.469 e. The first kappa shape index (κ1) is 18.9. The number of ether oxygens (including phenoxy) is 1. The zero-order valence-electron chi connectivity index (χ0n) is 15.7. The van der Waals surface area contributed by atoms with Crippen LogP contribution in [0.25, 0.3) is 0 Å². The number of nitrogens with zero attached hydrogens (tertiary/aromatic N) is 1. The fraction of sp³-hybridized carbons (Fsp3) is 0.591. The van der Waals surface area contributed by atoms with E-state index in [4.69, 9.17) is 4.74 Å². The second-order valence-electron chi connectivity index (χ2n) is 7.51. The molecule has 0 radical (unpaired) electrons. The lowest BCUT2D eigenvalue weighted by molar-refractivity contribution is -0.152. The average Bonchev–Trinajstić information content (AvgIpc) is 3.38. The molecule has 1 aromatic rings. The van der Waals surface area contributed by atoms with E-state index < -0.39 is 5.72 Å². The summed E-state index contributed by atoms with van der Waals surface area (Å²) in [6.45, 7) is 1.71. The van der Waals surface area contributed by atoms with Crippen molar-refractivity contribution in [2.75, 3.05) is 20.2 Å². The van der Waals surface area contributed by atoms with Gasteiger partial charge in [0.15, 0.2) is 0 Å². The van der Waals surface area contributed by atoms with Gasteiger partial charge in [-0.15, -0.1) is 0 Å². The molecule has 1 aliphatic carbocycles. The van der Waals surface area contributed by atoms with E-state index >= 15 is 0 Å². The van der Waals surface area contributed by atoms with Gasteiger partial charge in [0.25, 0.3) is 0 Å². The van der Waals surface area contributed by atoms with Crippen molar-refractivity contribution in [2.45, 2.75) is 57.1 Å². The minimum Gasteiger partial charge on any atom is -0.469 e. The number of esters is 1. The van der Waals surface area contributed by atoms with Gasteiger partial charge in [-0.3, -0.25) is 9.69 Å². The fourth-order valence-electron chi connectivity index (χ4n) is 4.36. The molecular weight excluding hydrogens is 326 g/mol. The SMILES string of the molecule is COC(=O)C1(CCC#CC(O)(c2ccccc2)N2CCCC2)CCCC1. The number of benzene rings is 1. The van der Waals surface area contributed by atoms with Crippen LogP contribution in [0.5, 0.6) is 0 Å². The summed E-state index contributed by atoms with van der Waals surface area (Å²) < 4.78 is 5.04. The Morgan fingerprint density at radius 3 is 2.46 bits per heavy atom. The summed E-state index contributed by atoms with van der Waals surface area (Å²) in [7, 11) is 1.47. The molecule has 1 aliphatic heterocycles. The number of aliphatic hydroxyl groups is 1. The van der Waals surface area contributed by atoms with E-state index in [0.717, 1.165) is 57.2 Å². The van der Waals surface area contributed by atoms with Crippen molar-refractivity contribution in [1.82, 2.24) is 4.90 Å². The molecule has 4 nitrogen and oxygen atoms in total. The van der Waals surface area contributed by atoms with Crippen LogP contribution in [-0.2, 0) is 15.3 Å². The first-order chi connectivity index (χ1) is 12.6. The number of carbonyl (C=O) groups excluding carboxylic acids is 1. The van der Waals surface area contributed by atoms with Gasteiger partial charge in [-0.05, 0) is 38.0 Å². The monoisotopic (exact) mass is 355 g/mol. The minimum atomic E-state index is -1.24. The molecule has 0 bridgehead atoms. The molecule has 1 saturated carbocycles. The molecule has 3 rings (SSSR count). The van der Waals surface area contributed by atoms with Crippen LogP contribution in [0.4, 0.5) is 0 Å². The summed E-state index contributed by atoms with van der Waals surface area (Å²) in [6, 6.07) is 9.67. The van der Waals surface area contributed by atoms with Crippen molar-refractivity contribution in [3.63, 3.8) is 0 Å². The zero-order valence-corrected chi connectivity index (χ0v) is 15.7. The quantitative estimate of drug-likeness (QED) is 0.649. The molecule has 1 unspecified atom stereocenters. The Morgan fingerprint density at radius 2 is 1.85 bits per heavy atom. The molecule has 26 heavy (non-hydrogen) atoms. The first-order valence-corrected chi connectivity index (χ1v) is 9.72. The van der Waals surface area contributed by atoms with Crippen molar-refractivity contribution in [3.8, 4) is 11.8 Å². The summed E-state index contributed by atoms with van der Waals surface area (Å²) >= 11 is 0. The Kier molecular flexibility index (Phi) is 6.01. The molecular formula is C22H29NO3. The van der Waals surface area contributed by atoms with Crippen LogP contribution in [-0.4, -0.2) is 36.2 Å². The molecule has 2 fully saturated rings. The van der Waals surface area contributed by atoms with Gasteiger partial charge in [-0.1, -0.05) is 49.1 Å². The fourth-order valence-corrected chi connectivity index (χ4v) is 4.36. The van der Waals surface area contributed by atoms with E-state index in [-0.39, 0.29) is 11.4 Å². The summed E-state index contributed by atoms with van der Waals surface area (Å²) in [6.07, 6.45) is 7.39. The van der Waals surface area contributed by atoms with Crippen molar-refractivity contribution in [3.05, 3.63) is 35.9 Å². The van der Waals surface area contributed by atoms with Gasteiger partial charge >= 0.3 is 5.97 Å². The second-order valence-corrected chi connectivity index (χ2v) is 7.51. The summed E-state index contributed by atoms with van der Waals surface area (Å²) in [5, 5.41) is 11.4. The highest BCUT2D eigenvalue weighted by atomic mass is 16.5. The van der Waals surface area contributed by atoms with Gasteiger partial charge < -0.3 is 9.84 Å². The zero-order chi connectivity index (χ0) is 18.5. The van der Waals surface area contributed by atoms with Crippen molar-refractivity contribution in [1.29, 1.82) is 0 Å². The van der Waals surface area contributed by atoms with Crippen LogP contribution in [0.15, 0.2) is 30.3 Å². The number of rotatable bonds is 5. The van der Waals surface area contributed by atoms with E-state index in [9.17, 15) is 9.90 Å². The molecule has 4 heteroatoms. The Balaban J connectivity index is 1.75. The lowest BCUT2D eigenvalue weighted by atomic mass is 9.81. The third kappa shape index (κ3) is 3.79. The average molecular weight is 355 g/mol. The molecule has 0 spiro atoms. The highest BCUT2D eigenvalue weighted by Gasteiger charge is 2.41. The van der Waals surface area contributed by atoms with Gasteiger partial charge in [0.1, 0.15) is 0 Å².